The summed E-state index contributed by atoms with van der Waals surface area (Å²) in [5.41, 5.74) is 0.623. The summed E-state index contributed by atoms with van der Waals surface area (Å²) < 4.78 is 1.51. The van der Waals surface area contributed by atoms with Crippen molar-refractivity contribution in [3.8, 4) is 0 Å². The van der Waals surface area contributed by atoms with Crippen molar-refractivity contribution in [1.82, 2.24) is 20.2 Å². The number of rotatable bonds is 4. The van der Waals surface area contributed by atoms with Gasteiger partial charge in [0.15, 0.2) is 4.34 Å². The number of thioether (sulfide) groups is 1. The summed E-state index contributed by atoms with van der Waals surface area (Å²) in [5.74, 6) is 1.21. The molecule has 116 valence electrons. The zero-order valence-electron chi connectivity index (χ0n) is 12.3. The van der Waals surface area contributed by atoms with Gasteiger partial charge in [-0.15, -0.1) is 21.5 Å². The molecule has 0 saturated heterocycles. The molecular formula is C13H15N5OS3. The number of nitrogens with zero attached hydrogens (tertiary/aromatic N) is 3. The van der Waals surface area contributed by atoms with Gasteiger partial charge < -0.3 is 10.3 Å². The third kappa shape index (κ3) is 3.65. The van der Waals surface area contributed by atoms with Gasteiger partial charge in [-0.2, -0.15) is 0 Å². The number of aromatic amines is 1. The van der Waals surface area contributed by atoms with E-state index in [2.05, 4.69) is 46.3 Å². The van der Waals surface area contributed by atoms with E-state index < -0.39 is 0 Å². The minimum absolute atomic E-state index is 0.0434. The summed E-state index contributed by atoms with van der Waals surface area (Å²) in [5, 5.41) is 14.2. The summed E-state index contributed by atoms with van der Waals surface area (Å²) in [6.07, 6.45) is 0. The number of hydrogen-bond acceptors (Lipinski definition) is 8. The van der Waals surface area contributed by atoms with Crippen molar-refractivity contribution >= 4 is 49.8 Å². The Morgan fingerprint density at radius 1 is 1.36 bits per heavy atom. The van der Waals surface area contributed by atoms with Gasteiger partial charge in [0, 0.05) is 5.54 Å². The van der Waals surface area contributed by atoms with Gasteiger partial charge in [-0.25, -0.2) is 4.98 Å². The molecule has 22 heavy (non-hydrogen) atoms. The lowest BCUT2D eigenvalue weighted by atomic mass is 10.1. The molecule has 3 aromatic rings. The molecule has 0 aromatic carbocycles. The van der Waals surface area contributed by atoms with E-state index in [-0.39, 0.29) is 11.1 Å². The second-order valence-corrected chi connectivity index (χ2v) is 8.80. The van der Waals surface area contributed by atoms with E-state index in [0.717, 1.165) is 15.0 Å². The standard InChI is InChI=1S/C13H15N5OS3/c1-13(2,3)16-11-17-18-12(22-11)21-6-8-14-7-4-5-20-9(7)10(19)15-8/h4-5H,6H2,1-3H3,(H,16,17)(H,14,15,19). The van der Waals surface area contributed by atoms with Crippen LogP contribution in [0.2, 0.25) is 0 Å². The third-order valence-corrected chi connectivity index (χ3v) is 5.47. The van der Waals surface area contributed by atoms with Crippen LogP contribution < -0.4 is 10.9 Å². The molecule has 3 aromatic heterocycles. The number of hydrogen-bond donors (Lipinski definition) is 2. The van der Waals surface area contributed by atoms with Crippen molar-refractivity contribution in [1.29, 1.82) is 0 Å². The fraction of sp³-hybridized carbons (Fsp3) is 0.385. The first-order chi connectivity index (χ1) is 10.4. The molecule has 0 fully saturated rings. The molecule has 0 saturated carbocycles. The van der Waals surface area contributed by atoms with Gasteiger partial charge in [0.2, 0.25) is 5.13 Å². The summed E-state index contributed by atoms with van der Waals surface area (Å²) >= 11 is 4.42. The molecule has 2 N–H and O–H groups in total. The molecular weight excluding hydrogens is 338 g/mol. The van der Waals surface area contributed by atoms with E-state index in [1.807, 2.05) is 11.4 Å². The Labute approximate surface area is 139 Å². The van der Waals surface area contributed by atoms with Crippen LogP contribution >= 0.6 is 34.4 Å². The number of fused-ring (bicyclic) bond motifs is 1. The first kappa shape index (κ1) is 15.4. The molecule has 0 atom stereocenters. The predicted molar refractivity (Wildman–Crippen MR) is 93.1 cm³/mol. The smallest absolute Gasteiger partial charge is 0.268 e. The molecule has 3 rings (SSSR count). The number of H-pyrrole nitrogens is 1. The van der Waals surface area contributed by atoms with Gasteiger partial charge in [0.25, 0.3) is 5.56 Å². The van der Waals surface area contributed by atoms with Gasteiger partial charge in [-0.1, -0.05) is 23.1 Å². The second kappa shape index (κ2) is 5.98. The lowest BCUT2D eigenvalue weighted by Gasteiger charge is -2.18. The van der Waals surface area contributed by atoms with Crippen LogP contribution in [0.15, 0.2) is 20.6 Å². The monoisotopic (exact) mass is 353 g/mol. The van der Waals surface area contributed by atoms with Crippen LogP contribution in [-0.4, -0.2) is 25.7 Å². The number of aromatic nitrogens is 4. The lowest BCUT2D eigenvalue weighted by molar-refractivity contribution is 0.631. The molecule has 0 spiro atoms. The van der Waals surface area contributed by atoms with Gasteiger partial charge in [-0.3, -0.25) is 4.79 Å². The molecule has 0 radical (unpaired) electrons. The first-order valence-electron chi connectivity index (χ1n) is 6.61. The van der Waals surface area contributed by atoms with Crippen molar-refractivity contribution in [2.24, 2.45) is 0 Å². The maximum Gasteiger partial charge on any atom is 0.268 e. The minimum atomic E-state index is -0.0806. The highest BCUT2D eigenvalue weighted by Gasteiger charge is 2.13. The quantitative estimate of drug-likeness (QED) is 0.700. The van der Waals surface area contributed by atoms with Crippen molar-refractivity contribution in [2.75, 3.05) is 5.32 Å². The number of anilines is 1. The van der Waals surface area contributed by atoms with E-state index >= 15 is 0 Å². The van der Waals surface area contributed by atoms with Gasteiger partial charge >= 0.3 is 0 Å². The normalized spacial score (nSPS) is 12.0. The molecule has 0 bridgehead atoms. The van der Waals surface area contributed by atoms with Crippen LogP contribution in [0.4, 0.5) is 5.13 Å². The minimum Gasteiger partial charge on any atom is -0.355 e. The Hall–Kier alpha value is -1.45. The van der Waals surface area contributed by atoms with Crippen LogP contribution in [0.5, 0.6) is 0 Å². The average Bonchev–Trinajstić information content (AvgIpc) is 3.03. The molecule has 0 amide bonds. The van der Waals surface area contributed by atoms with Gasteiger partial charge in [0.1, 0.15) is 10.5 Å². The van der Waals surface area contributed by atoms with Crippen LogP contribution in [-0.2, 0) is 5.75 Å². The van der Waals surface area contributed by atoms with E-state index in [1.165, 1.54) is 34.4 Å². The van der Waals surface area contributed by atoms with E-state index in [0.29, 0.717) is 16.3 Å². The maximum absolute atomic E-state index is 11.9. The Balaban J connectivity index is 1.70. The van der Waals surface area contributed by atoms with Crippen LogP contribution in [0.1, 0.15) is 26.6 Å². The number of nitrogens with one attached hydrogen (secondary N) is 2. The molecule has 6 nitrogen and oxygen atoms in total. The van der Waals surface area contributed by atoms with Crippen molar-refractivity contribution in [2.45, 2.75) is 36.4 Å². The predicted octanol–water partition coefficient (Wildman–Crippen LogP) is 3.34. The highest BCUT2D eigenvalue weighted by atomic mass is 32.2. The average molecular weight is 353 g/mol. The van der Waals surface area contributed by atoms with Gasteiger partial charge in [-0.05, 0) is 32.2 Å². The molecule has 3 heterocycles. The Bertz CT molecular complexity index is 845. The Morgan fingerprint density at radius 3 is 2.95 bits per heavy atom. The first-order valence-corrected chi connectivity index (χ1v) is 9.30. The summed E-state index contributed by atoms with van der Waals surface area (Å²) in [4.78, 5) is 19.2. The Kier molecular flexibility index (Phi) is 4.20. The van der Waals surface area contributed by atoms with Crippen LogP contribution in [0, 0.1) is 0 Å². The van der Waals surface area contributed by atoms with Gasteiger partial charge in [0.05, 0.1) is 11.3 Å². The van der Waals surface area contributed by atoms with E-state index in [1.54, 1.807) is 0 Å². The molecule has 0 unspecified atom stereocenters. The summed E-state index contributed by atoms with van der Waals surface area (Å²) in [6, 6.07) is 1.86. The Morgan fingerprint density at radius 2 is 2.18 bits per heavy atom. The van der Waals surface area contributed by atoms with E-state index in [9.17, 15) is 4.79 Å². The summed E-state index contributed by atoms with van der Waals surface area (Å²) in [6.45, 7) is 6.23. The zero-order valence-corrected chi connectivity index (χ0v) is 14.8. The molecule has 0 aliphatic heterocycles. The zero-order chi connectivity index (χ0) is 15.7. The SMILES string of the molecule is CC(C)(C)Nc1nnc(SCc2nc3ccsc3c(=O)[nH]2)s1. The highest BCUT2D eigenvalue weighted by molar-refractivity contribution is 8.00. The lowest BCUT2D eigenvalue weighted by Crippen LogP contribution is -2.25. The maximum atomic E-state index is 11.9. The molecule has 0 aliphatic carbocycles. The topological polar surface area (TPSA) is 83.6 Å². The second-order valence-electron chi connectivity index (χ2n) is 5.68. The fourth-order valence-electron chi connectivity index (χ4n) is 1.76. The van der Waals surface area contributed by atoms with E-state index in [4.69, 9.17) is 0 Å². The summed E-state index contributed by atoms with van der Waals surface area (Å²) in [7, 11) is 0. The van der Waals surface area contributed by atoms with Crippen molar-refractivity contribution < 1.29 is 0 Å². The highest BCUT2D eigenvalue weighted by Crippen LogP contribution is 2.29. The largest absolute Gasteiger partial charge is 0.355 e. The third-order valence-electron chi connectivity index (χ3n) is 2.58. The molecule has 9 heteroatoms. The van der Waals surface area contributed by atoms with Crippen molar-refractivity contribution in [3.05, 3.63) is 27.6 Å². The van der Waals surface area contributed by atoms with Crippen molar-refractivity contribution in [3.63, 3.8) is 0 Å². The van der Waals surface area contributed by atoms with Crippen LogP contribution in [0.3, 0.4) is 0 Å². The van der Waals surface area contributed by atoms with Crippen LogP contribution in [0.25, 0.3) is 10.2 Å². The molecule has 0 aliphatic rings. The fourth-order valence-corrected chi connectivity index (χ4v) is 4.32. The number of thiophene rings is 1.